The van der Waals surface area contributed by atoms with Gasteiger partial charge in [-0.2, -0.15) is 5.26 Å². The van der Waals surface area contributed by atoms with Gasteiger partial charge in [-0.1, -0.05) is 13.8 Å². The molecule has 0 fully saturated rings. The number of nitrogens with one attached hydrogen (secondary N) is 2. The molecule has 0 spiro atoms. The molecule has 4 nitrogen and oxygen atoms in total. The minimum absolute atomic E-state index is 0.173. The predicted octanol–water partition coefficient (Wildman–Crippen LogP) is 1.37. The van der Waals surface area contributed by atoms with E-state index >= 15 is 0 Å². The Balaban J connectivity index is 2.56. The zero-order valence-corrected chi connectivity index (χ0v) is 7.20. The van der Waals surface area contributed by atoms with E-state index in [0.29, 0.717) is 0 Å². The maximum atomic E-state index is 8.74. The first-order valence-corrected chi connectivity index (χ1v) is 3.89. The molecule has 4 heteroatoms. The molecule has 1 aromatic heterocycles. The number of aromatic nitrogens is 2. The molecule has 0 amide bonds. The zero-order valence-electron chi connectivity index (χ0n) is 7.20. The summed E-state index contributed by atoms with van der Waals surface area (Å²) in [6, 6.07) is 2.00. The van der Waals surface area contributed by atoms with Crippen molar-refractivity contribution in [1.29, 1.82) is 5.26 Å². The number of hydrogen-bond donors (Lipinski definition) is 2. The third-order valence-corrected chi connectivity index (χ3v) is 1.61. The monoisotopic (exact) mass is 164 g/mol. The number of anilines is 1. The molecule has 0 aliphatic heterocycles. The van der Waals surface area contributed by atoms with Gasteiger partial charge in [0, 0.05) is 6.20 Å². The quantitative estimate of drug-likeness (QED) is 0.709. The molecule has 2 N–H and O–H groups in total. The lowest BCUT2D eigenvalue weighted by atomic mass is 10.1. The van der Waals surface area contributed by atoms with Gasteiger partial charge in [-0.05, 0) is 5.92 Å². The highest BCUT2D eigenvalue weighted by Crippen LogP contribution is 2.07. The van der Waals surface area contributed by atoms with E-state index in [1.807, 2.05) is 13.8 Å². The second-order valence-corrected chi connectivity index (χ2v) is 2.95. The number of aromatic amines is 1. The number of rotatable bonds is 3. The molecule has 0 aliphatic carbocycles. The summed E-state index contributed by atoms with van der Waals surface area (Å²) in [6.45, 7) is 3.99. The first-order chi connectivity index (χ1) is 5.74. The van der Waals surface area contributed by atoms with Gasteiger partial charge in [0.1, 0.15) is 11.9 Å². The van der Waals surface area contributed by atoms with Crippen LogP contribution in [-0.2, 0) is 0 Å². The van der Waals surface area contributed by atoms with Gasteiger partial charge >= 0.3 is 0 Å². The lowest BCUT2D eigenvalue weighted by molar-refractivity contribution is 0.608. The molecule has 1 heterocycles. The fourth-order valence-electron chi connectivity index (χ4n) is 0.847. The maximum Gasteiger partial charge on any atom is 0.144 e. The SMILES string of the molecule is CC(C)C(C#N)Nc1c[nH]cn1. The highest BCUT2D eigenvalue weighted by atomic mass is 15.1. The molecule has 12 heavy (non-hydrogen) atoms. The summed E-state index contributed by atoms with van der Waals surface area (Å²) < 4.78 is 0. The maximum absolute atomic E-state index is 8.74. The van der Waals surface area contributed by atoms with Gasteiger partial charge in [-0.15, -0.1) is 0 Å². The summed E-state index contributed by atoms with van der Waals surface area (Å²) in [4.78, 5) is 6.78. The molecule has 1 atom stereocenters. The number of H-pyrrole nitrogens is 1. The lowest BCUT2D eigenvalue weighted by Gasteiger charge is -2.13. The van der Waals surface area contributed by atoms with Crippen molar-refractivity contribution in [2.24, 2.45) is 5.92 Å². The van der Waals surface area contributed by atoms with Gasteiger partial charge in [0.05, 0.1) is 12.4 Å². The Morgan fingerprint density at radius 3 is 2.83 bits per heavy atom. The average molecular weight is 164 g/mol. The van der Waals surface area contributed by atoms with E-state index in [-0.39, 0.29) is 12.0 Å². The standard InChI is InChI=1S/C8H12N4/c1-6(2)7(3-9)12-8-4-10-5-11-8/h4-7,12H,1-2H3,(H,10,11). The number of nitrogens with zero attached hydrogens (tertiary/aromatic N) is 2. The summed E-state index contributed by atoms with van der Waals surface area (Å²) in [5.41, 5.74) is 0. The summed E-state index contributed by atoms with van der Waals surface area (Å²) >= 11 is 0. The van der Waals surface area contributed by atoms with E-state index in [1.165, 1.54) is 0 Å². The summed E-state index contributed by atoms with van der Waals surface area (Å²) in [7, 11) is 0. The molecule has 0 bridgehead atoms. The molecular weight excluding hydrogens is 152 g/mol. The topological polar surface area (TPSA) is 64.5 Å². The first kappa shape index (κ1) is 8.60. The molecular formula is C8H12N4. The molecule has 0 saturated heterocycles. The molecule has 64 valence electrons. The molecule has 1 unspecified atom stereocenters. The van der Waals surface area contributed by atoms with E-state index in [0.717, 1.165) is 5.82 Å². The van der Waals surface area contributed by atoms with Crippen LogP contribution in [0.5, 0.6) is 0 Å². The predicted molar refractivity (Wildman–Crippen MR) is 46.4 cm³/mol. The highest BCUT2D eigenvalue weighted by Gasteiger charge is 2.11. The second-order valence-electron chi connectivity index (χ2n) is 2.95. The number of hydrogen-bond acceptors (Lipinski definition) is 3. The van der Waals surface area contributed by atoms with Gasteiger partial charge in [-0.25, -0.2) is 4.98 Å². The van der Waals surface area contributed by atoms with Gasteiger partial charge in [0.25, 0.3) is 0 Å². The first-order valence-electron chi connectivity index (χ1n) is 3.89. The lowest BCUT2D eigenvalue weighted by Crippen LogP contribution is -2.23. The largest absolute Gasteiger partial charge is 0.353 e. The Kier molecular flexibility index (Phi) is 2.70. The molecule has 1 aromatic rings. The zero-order chi connectivity index (χ0) is 8.97. The summed E-state index contributed by atoms with van der Waals surface area (Å²) in [5, 5.41) is 11.7. The van der Waals surface area contributed by atoms with Crippen LogP contribution in [0.25, 0.3) is 0 Å². The van der Waals surface area contributed by atoms with E-state index in [1.54, 1.807) is 12.5 Å². The minimum Gasteiger partial charge on any atom is -0.353 e. The normalized spacial score (nSPS) is 12.5. The smallest absolute Gasteiger partial charge is 0.144 e. The van der Waals surface area contributed by atoms with Gasteiger partial charge in [0.2, 0.25) is 0 Å². The van der Waals surface area contributed by atoms with Crippen LogP contribution in [0.2, 0.25) is 0 Å². The van der Waals surface area contributed by atoms with Crippen molar-refractivity contribution in [2.45, 2.75) is 19.9 Å². The molecule has 0 aliphatic rings. The molecule has 1 rings (SSSR count). The fourth-order valence-corrected chi connectivity index (χ4v) is 0.847. The third-order valence-electron chi connectivity index (χ3n) is 1.61. The summed E-state index contributed by atoms with van der Waals surface area (Å²) in [6.07, 6.45) is 3.31. The summed E-state index contributed by atoms with van der Waals surface area (Å²) in [5.74, 6) is 1.00. The second kappa shape index (κ2) is 3.77. The van der Waals surface area contributed by atoms with Crippen molar-refractivity contribution in [3.05, 3.63) is 12.5 Å². The average Bonchev–Trinajstić information content (AvgIpc) is 2.51. The Hall–Kier alpha value is -1.50. The molecule has 0 aromatic carbocycles. The molecule has 0 radical (unpaired) electrons. The van der Waals surface area contributed by atoms with Crippen LogP contribution in [0, 0.1) is 17.2 Å². The van der Waals surface area contributed by atoms with Crippen LogP contribution >= 0.6 is 0 Å². The van der Waals surface area contributed by atoms with Gasteiger partial charge < -0.3 is 10.3 Å². The van der Waals surface area contributed by atoms with Gasteiger partial charge in [-0.3, -0.25) is 0 Å². The van der Waals surface area contributed by atoms with E-state index < -0.39 is 0 Å². The fraction of sp³-hybridized carbons (Fsp3) is 0.500. The Labute approximate surface area is 71.6 Å². The Morgan fingerprint density at radius 1 is 1.67 bits per heavy atom. The van der Waals surface area contributed by atoms with Crippen LogP contribution in [0.3, 0.4) is 0 Å². The van der Waals surface area contributed by atoms with Crippen molar-refractivity contribution in [1.82, 2.24) is 9.97 Å². The number of nitriles is 1. The molecule has 0 saturated carbocycles. The van der Waals surface area contributed by atoms with Crippen molar-refractivity contribution in [3.63, 3.8) is 0 Å². The Bertz CT molecular complexity index is 257. The third kappa shape index (κ3) is 1.99. The van der Waals surface area contributed by atoms with Crippen molar-refractivity contribution >= 4 is 5.82 Å². The van der Waals surface area contributed by atoms with E-state index in [4.69, 9.17) is 5.26 Å². The van der Waals surface area contributed by atoms with Crippen LogP contribution in [0.15, 0.2) is 12.5 Å². The van der Waals surface area contributed by atoms with Gasteiger partial charge in [0.15, 0.2) is 0 Å². The van der Waals surface area contributed by atoms with Crippen molar-refractivity contribution in [3.8, 4) is 6.07 Å². The highest BCUT2D eigenvalue weighted by molar-refractivity contribution is 5.34. The van der Waals surface area contributed by atoms with E-state index in [2.05, 4.69) is 21.4 Å². The van der Waals surface area contributed by atoms with Crippen LogP contribution in [-0.4, -0.2) is 16.0 Å². The number of imidazole rings is 1. The van der Waals surface area contributed by atoms with Crippen LogP contribution < -0.4 is 5.32 Å². The van der Waals surface area contributed by atoms with Crippen molar-refractivity contribution < 1.29 is 0 Å². The van der Waals surface area contributed by atoms with Crippen molar-refractivity contribution in [2.75, 3.05) is 5.32 Å². The minimum atomic E-state index is -0.173. The van der Waals surface area contributed by atoms with E-state index in [9.17, 15) is 0 Å². The Morgan fingerprint density at radius 2 is 2.42 bits per heavy atom. The van der Waals surface area contributed by atoms with Crippen LogP contribution in [0.4, 0.5) is 5.82 Å². The van der Waals surface area contributed by atoms with Crippen LogP contribution in [0.1, 0.15) is 13.8 Å².